The first-order valence-corrected chi connectivity index (χ1v) is 13.0. The van der Waals surface area contributed by atoms with Gasteiger partial charge in [0.15, 0.2) is 0 Å². The van der Waals surface area contributed by atoms with E-state index in [2.05, 4.69) is 34.6 Å². The van der Waals surface area contributed by atoms with Crippen molar-refractivity contribution in [2.75, 3.05) is 0 Å². The van der Waals surface area contributed by atoms with Crippen LogP contribution in [0.15, 0.2) is 0 Å². The molecule has 2 N–H and O–H groups in total. The van der Waals surface area contributed by atoms with Crippen LogP contribution in [0.1, 0.15) is 105 Å². The molecule has 2 heteroatoms. The minimum Gasteiger partial charge on any atom is -0.390 e. The topological polar surface area (TPSA) is 40.5 Å². The van der Waals surface area contributed by atoms with E-state index in [9.17, 15) is 10.2 Å². The van der Waals surface area contributed by atoms with Crippen LogP contribution in [0.2, 0.25) is 0 Å². The van der Waals surface area contributed by atoms with E-state index in [1.54, 1.807) is 0 Å². The Balaban J connectivity index is 1.48. The predicted octanol–water partition coefficient (Wildman–Crippen LogP) is 6.44. The summed E-state index contributed by atoms with van der Waals surface area (Å²) in [5.74, 6) is 5.50. The van der Waals surface area contributed by atoms with Crippen LogP contribution >= 0.6 is 0 Å². The fourth-order valence-electron chi connectivity index (χ4n) is 9.34. The van der Waals surface area contributed by atoms with Crippen molar-refractivity contribution >= 4 is 0 Å². The molecule has 0 radical (unpaired) electrons. The van der Waals surface area contributed by atoms with Crippen LogP contribution in [0.25, 0.3) is 0 Å². The fourth-order valence-corrected chi connectivity index (χ4v) is 9.34. The summed E-state index contributed by atoms with van der Waals surface area (Å²) >= 11 is 0. The van der Waals surface area contributed by atoms with E-state index in [1.807, 2.05) is 0 Å². The Hall–Kier alpha value is -0.0800. The zero-order valence-electron chi connectivity index (χ0n) is 19.9. The second-order valence-electron chi connectivity index (χ2n) is 12.7. The largest absolute Gasteiger partial charge is 0.390 e. The average Bonchev–Trinajstić information content (AvgIpc) is 3.02. The van der Waals surface area contributed by atoms with E-state index in [0.717, 1.165) is 54.8 Å². The molecule has 168 valence electrons. The number of rotatable bonds is 5. The highest BCUT2D eigenvalue weighted by Crippen LogP contribution is 2.68. The van der Waals surface area contributed by atoms with Crippen LogP contribution < -0.4 is 0 Å². The molecule has 0 amide bonds. The molecule has 4 aliphatic rings. The number of aliphatic hydroxyl groups is 2. The van der Waals surface area contributed by atoms with Gasteiger partial charge >= 0.3 is 0 Å². The Morgan fingerprint density at radius 2 is 1.41 bits per heavy atom. The zero-order valence-corrected chi connectivity index (χ0v) is 19.9. The molecule has 0 spiro atoms. The SMILES string of the molecule is CC(C)CCC[C@@H](C)[C@H]1CC[C@H]2[C@@H]3CCC4[C@@H](O)[C@@H](O)CC[C@]4(C)[C@H]3CC[C@]12C. The molecule has 2 nitrogen and oxygen atoms in total. The molecule has 1 unspecified atom stereocenters. The molecule has 0 aromatic carbocycles. The first-order chi connectivity index (χ1) is 13.7. The summed E-state index contributed by atoms with van der Waals surface area (Å²) in [5.41, 5.74) is 0.804. The molecule has 0 aliphatic heterocycles. The van der Waals surface area contributed by atoms with Crippen molar-refractivity contribution in [1.82, 2.24) is 0 Å². The van der Waals surface area contributed by atoms with Crippen molar-refractivity contribution in [3.05, 3.63) is 0 Å². The van der Waals surface area contributed by atoms with Gasteiger partial charge in [-0.1, -0.05) is 53.9 Å². The first kappa shape index (κ1) is 22.1. The third-order valence-electron chi connectivity index (χ3n) is 10.9. The van der Waals surface area contributed by atoms with Crippen molar-refractivity contribution in [2.45, 2.75) is 117 Å². The summed E-state index contributed by atoms with van der Waals surface area (Å²) in [6, 6.07) is 0. The van der Waals surface area contributed by atoms with Gasteiger partial charge in [-0.3, -0.25) is 0 Å². The lowest BCUT2D eigenvalue weighted by Gasteiger charge is -2.62. The number of fused-ring (bicyclic) bond motifs is 5. The Morgan fingerprint density at radius 3 is 2.14 bits per heavy atom. The van der Waals surface area contributed by atoms with E-state index in [4.69, 9.17) is 0 Å². The molecule has 4 saturated carbocycles. The third-order valence-corrected chi connectivity index (χ3v) is 10.9. The summed E-state index contributed by atoms with van der Waals surface area (Å²) in [6.07, 6.45) is 13.3. The van der Waals surface area contributed by atoms with Crippen molar-refractivity contribution in [1.29, 1.82) is 0 Å². The minimum absolute atomic E-state index is 0.254. The molecule has 0 aromatic heterocycles. The average molecular weight is 405 g/mol. The van der Waals surface area contributed by atoms with Gasteiger partial charge in [0.2, 0.25) is 0 Å². The highest BCUT2D eigenvalue weighted by molar-refractivity contribution is 5.11. The molecular formula is C27H48O2. The van der Waals surface area contributed by atoms with Gasteiger partial charge in [-0.25, -0.2) is 0 Å². The first-order valence-electron chi connectivity index (χ1n) is 13.0. The van der Waals surface area contributed by atoms with E-state index in [1.165, 1.54) is 51.4 Å². The maximum absolute atomic E-state index is 10.8. The monoisotopic (exact) mass is 404 g/mol. The summed E-state index contributed by atoms with van der Waals surface area (Å²) in [7, 11) is 0. The zero-order chi connectivity index (χ0) is 21.0. The second kappa shape index (κ2) is 8.12. The van der Waals surface area contributed by atoms with Gasteiger partial charge in [0.05, 0.1) is 12.2 Å². The highest BCUT2D eigenvalue weighted by Gasteiger charge is 2.61. The Bertz CT molecular complexity index is 573. The molecule has 0 saturated heterocycles. The maximum Gasteiger partial charge on any atom is 0.0832 e. The quantitative estimate of drug-likeness (QED) is 0.553. The number of hydrogen-bond acceptors (Lipinski definition) is 2. The van der Waals surface area contributed by atoms with E-state index < -0.39 is 12.2 Å². The molecule has 0 bridgehead atoms. The summed E-state index contributed by atoms with van der Waals surface area (Å²) in [4.78, 5) is 0. The summed E-state index contributed by atoms with van der Waals surface area (Å²) in [6.45, 7) is 12.4. The minimum atomic E-state index is -0.486. The maximum atomic E-state index is 10.8. The molecule has 4 rings (SSSR count). The lowest BCUT2D eigenvalue weighted by molar-refractivity contribution is -0.174. The molecule has 4 aliphatic carbocycles. The van der Waals surface area contributed by atoms with Gasteiger partial charge in [0.1, 0.15) is 0 Å². The molecule has 0 aromatic rings. The Kier molecular flexibility index (Phi) is 6.19. The summed E-state index contributed by atoms with van der Waals surface area (Å²) < 4.78 is 0. The van der Waals surface area contributed by atoms with Crippen LogP contribution in [-0.2, 0) is 0 Å². The van der Waals surface area contributed by atoms with Crippen LogP contribution in [0.3, 0.4) is 0 Å². The van der Waals surface area contributed by atoms with E-state index in [0.29, 0.717) is 11.3 Å². The van der Waals surface area contributed by atoms with E-state index in [-0.39, 0.29) is 5.41 Å². The van der Waals surface area contributed by atoms with Gasteiger partial charge < -0.3 is 10.2 Å². The molecule has 0 heterocycles. The fraction of sp³-hybridized carbons (Fsp3) is 1.00. The van der Waals surface area contributed by atoms with Crippen molar-refractivity contribution < 1.29 is 10.2 Å². The van der Waals surface area contributed by atoms with Crippen LogP contribution in [0.4, 0.5) is 0 Å². The van der Waals surface area contributed by atoms with Crippen LogP contribution in [-0.4, -0.2) is 22.4 Å². The molecule has 10 atom stereocenters. The lowest BCUT2D eigenvalue weighted by Crippen LogP contribution is -2.58. The Morgan fingerprint density at radius 1 is 0.759 bits per heavy atom. The standard InChI is InChI=1S/C27H48O2/c1-17(2)7-6-8-18(3)20-11-12-21-19-9-10-23-25(29)24(28)14-16-27(23,5)22(19)13-15-26(20,21)4/h17-25,28-29H,6-16H2,1-5H3/t18-,19+,20-,21+,22+,23?,24+,25-,26-,27-/m1/s1. The molecular weight excluding hydrogens is 356 g/mol. The van der Waals surface area contributed by atoms with Crippen molar-refractivity contribution in [3.63, 3.8) is 0 Å². The van der Waals surface area contributed by atoms with Gasteiger partial charge in [-0.2, -0.15) is 0 Å². The predicted molar refractivity (Wildman–Crippen MR) is 120 cm³/mol. The van der Waals surface area contributed by atoms with Crippen LogP contribution in [0, 0.1) is 52.3 Å². The van der Waals surface area contributed by atoms with Gasteiger partial charge in [-0.15, -0.1) is 0 Å². The van der Waals surface area contributed by atoms with Gasteiger partial charge in [0.25, 0.3) is 0 Å². The van der Waals surface area contributed by atoms with Gasteiger partial charge in [0, 0.05) is 0 Å². The van der Waals surface area contributed by atoms with Crippen molar-refractivity contribution in [3.8, 4) is 0 Å². The third kappa shape index (κ3) is 3.63. The number of aliphatic hydroxyl groups excluding tert-OH is 2. The normalized spacial score (nSPS) is 50.7. The van der Waals surface area contributed by atoms with Gasteiger partial charge in [-0.05, 0) is 104 Å². The molecule has 4 fully saturated rings. The highest BCUT2D eigenvalue weighted by atomic mass is 16.3. The molecule has 29 heavy (non-hydrogen) atoms. The van der Waals surface area contributed by atoms with Crippen LogP contribution in [0.5, 0.6) is 0 Å². The number of hydrogen-bond donors (Lipinski definition) is 2. The Labute approximate surface area is 180 Å². The van der Waals surface area contributed by atoms with E-state index >= 15 is 0 Å². The summed E-state index contributed by atoms with van der Waals surface area (Å²) in [5, 5.41) is 21.0. The second-order valence-corrected chi connectivity index (χ2v) is 12.7. The lowest BCUT2D eigenvalue weighted by atomic mass is 9.44. The van der Waals surface area contributed by atoms with Crippen molar-refractivity contribution in [2.24, 2.45) is 52.3 Å². The smallest absolute Gasteiger partial charge is 0.0832 e.